The Bertz CT molecular complexity index is 744. The molecule has 2 aromatic carbocycles. The van der Waals surface area contributed by atoms with E-state index in [2.05, 4.69) is 45.0 Å². The minimum atomic E-state index is 0.300. The molecule has 0 aliphatic heterocycles. The number of anilines is 1. The summed E-state index contributed by atoms with van der Waals surface area (Å²) >= 11 is 0. The molecule has 2 N–H and O–H groups in total. The number of hydrogen-bond donors (Lipinski definition) is 1. The lowest BCUT2D eigenvalue weighted by Crippen LogP contribution is -2.14. The maximum atomic E-state index is 5.99. The van der Waals surface area contributed by atoms with Crippen LogP contribution in [0.4, 0.5) is 5.69 Å². The molecule has 0 aromatic heterocycles. The molecule has 0 saturated carbocycles. The standard InChI is InChI=1S/C22H29NO2/c1-14-6-5-7-19-17(8-9-21(22(14)19)25-13-24-4)12-20-15(2)10-18(23)11-16(20)3/h8-11,14H,5-7,12-13,23H2,1-4H3/t14-/m0/s1. The maximum absolute atomic E-state index is 5.99. The Labute approximate surface area is 151 Å². The van der Waals surface area contributed by atoms with Crippen molar-refractivity contribution in [2.75, 3.05) is 19.6 Å². The summed E-state index contributed by atoms with van der Waals surface area (Å²) in [7, 11) is 1.66. The molecule has 3 heteroatoms. The molecule has 0 amide bonds. The van der Waals surface area contributed by atoms with E-state index in [0.717, 1.165) is 24.3 Å². The fourth-order valence-electron chi connectivity index (χ4n) is 4.16. The van der Waals surface area contributed by atoms with E-state index in [4.69, 9.17) is 15.2 Å². The van der Waals surface area contributed by atoms with Crippen molar-refractivity contribution in [3.05, 3.63) is 57.6 Å². The zero-order valence-electron chi connectivity index (χ0n) is 15.8. The highest BCUT2D eigenvalue weighted by atomic mass is 16.7. The molecule has 0 unspecified atom stereocenters. The highest BCUT2D eigenvalue weighted by Gasteiger charge is 2.24. The minimum Gasteiger partial charge on any atom is -0.467 e. The first kappa shape index (κ1) is 17.8. The van der Waals surface area contributed by atoms with Crippen molar-refractivity contribution < 1.29 is 9.47 Å². The van der Waals surface area contributed by atoms with Crippen molar-refractivity contribution in [2.45, 2.75) is 52.4 Å². The van der Waals surface area contributed by atoms with Crippen LogP contribution < -0.4 is 10.5 Å². The lowest BCUT2D eigenvalue weighted by atomic mass is 9.79. The molecular weight excluding hydrogens is 310 g/mol. The first-order valence-electron chi connectivity index (χ1n) is 9.13. The third-order valence-corrected chi connectivity index (χ3v) is 5.39. The van der Waals surface area contributed by atoms with Gasteiger partial charge in [-0.15, -0.1) is 0 Å². The highest BCUT2D eigenvalue weighted by Crippen LogP contribution is 2.40. The Morgan fingerprint density at radius 1 is 1.16 bits per heavy atom. The number of rotatable bonds is 5. The van der Waals surface area contributed by atoms with Gasteiger partial charge in [-0.05, 0) is 91.5 Å². The first-order valence-corrected chi connectivity index (χ1v) is 9.13. The largest absolute Gasteiger partial charge is 0.467 e. The Morgan fingerprint density at radius 3 is 2.56 bits per heavy atom. The smallest absolute Gasteiger partial charge is 0.188 e. The molecule has 0 heterocycles. The van der Waals surface area contributed by atoms with Crippen LogP contribution in [0.25, 0.3) is 0 Å². The van der Waals surface area contributed by atoms with Gasteiger partial charge in [0.25, 0.3) is 0 Å². The molecule has 25 heavy (non-hydrogen) atoms. The molecule has 0 radical (unpaired) electrons. The van der Waals surface area contributed by atoms with Crippen molar-refractivity contribution >= 4 is 5.69 Å². The predicted molar refractivity (Wildman–Crippen MR) is 103 cm³/mol. The summed E-state index contributed by atoms with van der Waals surface area (Å²) in [5, 5.41) is 0. The normalized spacial score (nSPS) is 16.6. The lowest BCUT2D eigenvalue weighted by Gasteiger charge is -2.28. The van der Waals surface area contributed by atoms with Gasteiger partial charge in [-0.3, -0.25) is 0 Å². The van der Waals surface area contributed by atoms with E-state index in [-0.39, 0.29) is 0 Å². The quantitative estimate of drug-likeness (QED) is 0.622. The van der Waals surface area contributed by atoms with Crippen LogP contribution in [0.5, 0.6) is 5.75 Å². The van der Waals surface area contributed by atoms with Gasteiger partial charge in [0, 0.05) is 18.4 Å². The molecule has 1 atom stereocenters. The van der Waals surface area contributed by atoms with Crippen LogP contribution in [0.15, 0.2) is 24.3 Å². The van der Waals surface area contributed by atoms with Gasteiger partial charge in [0.15, 0.2) is 6.79 Å². The second-order valence-corrected chi connectivity index (χ2v) is 7.27. The first-order chi connectivity index (χ1) is 12.0. The van der Waals surface area contributed by atoms with Crippen LogP contribution in [-0.2, 0) is 17.6 Å². The van der Waals surface area contributed by atoms with Crippen molar-refractivity contribution in [1.29, 1.82) is 0 Å². The summed E-state index contributed by atoms with van der Waals surface area (Å²) in [5.41, 5.74) is 15.0. The molecule has 1 aliphatic rings. The monoisotopic (exact) mass is 339 g/mol. The van der Waals surface area contributed by atoms with E-state index < -0.39 is 0 Å². The van der Waals surface area contributed by atoms with Crippen LogP contribution >= 0.6 is 0 Å². The molecular formula is C22H29NO2. The van der Waals surface area contributed by atoms with E-state index in [1.54, 1.807) is 7.11 Å². The summed E-state index contributed by atoms with van der Waals surface area (Å²) in [6, 6.07) is 8.51. The summed E-state index contributed by atoms with van der Waals surface area (Å²) in [5.74, 6) is 1.52. The molecule has 2 aromatic rings. The summed E-state index contributed by atoms with van der Waals surface area (Å²) in [6.07, 6.45) is 4.55. The average molecular weight is 339 g/mol. The Hall–Kier alpha value is -2.00. The lowest BCUT2D eigenvalue weighted by molar-refractivity contribution is 0.0500. The fourth-order valence-corrected chi connectivity index (χ4v) is 4.16. The van der Waals surface area contributed by atoms with E-state index in [9.17, 15) is 0 Å². The molecule has 0 saturated heterocycles. The molecule has 134 valence electrons. The number of aryl methyl sites for hydroxylation is 2. The van der Waals surface area contributed by atoms with Crippen LogP contribution in [0, 0.1) is 13.8 Å². The van der Waals surface area contributed by atoms with Gasteiger partial charge >= 0.3 is 0 Å². The summed E-state index contributed by atoms with van der Waals surface area (Å²) in [4.78, 5) is 0. The summed E-state index contributed by atoms with van der Waals surface area (Å²) in [6.45, 7) is 6.92. The third kappa shape index (κ3) is 3.67. The van der Waals surface area contributed by atoms with Gasteiger partial charge in [0.05, 0.1) is 0 Å². The molecule has 3 nitrogen and oxygen atoms in total. The number of ether oxygens (including phenoxy) is 2. The zero-order chi connectivity index (χ0) is 18.0. The second-order valence-electron chi connectivity index (χ2n) is 7.27. The van der Waals surface area contributed by atoms with Gasteiger partial charge < -0.3 is 15.2 Å². The van der Waals surface area contributed by atoms with Crippen molar-refractivity contribution in [2.24, 2.45) is 0 Å². The number of hydrogen-bond acceptors (Lipinski definition) is 3. The van der Waals surface area contributed by atoms with E-state index in [1.807, 2.05) is 0 Å². The van der Waals surface area contributed by atoms with Gasteiger partial charge in [-0.2, -0.15) is 0 Å². The van der Waals surface area contributed by atoms with Gasteiger partial charge in [0.2, 0.25) is 0 Å². The number of nitrogen functional groups attached to an aromatic ring is 1. The van der Waals surface area contributed by atoms with Crippen LogP contribution in [0.1, 0.15) is 59.1 Å². The van der Waals surface area contributed by atoms with Gasteiger partial charge in [-0.1, -0.05) is 13.0 Å². The molecule has 0 bridgehead atoms. The van der Waals surface area contributed by atoms with E-state index in [1.165, 1.54) is 46.2 Å². The molecule has 0 spiro atoms. The summed E-state index contributed by atoms with van der Waals surface area (Å²) < 4.78 is 11.0. The minimum absolute atomic E-state index is 0.300. The van der Waals surface area contributed by atoms with Gasteiger partial charge in [-0.25, -0.2) is 0 Å². The molecule has 3 rings (SSSR count). The maximum Gasteiger partial charge on any atom is 0.188 e. The van der Waals surface area contributed by atoms with E-state index in [0.29, 0.717) is 12.7 Å². The van der Waals surface area contributed by atoms with E-state index >= 15 is 0 Å². The molecule has 0 fully saturated rings. The second kappa shape index (κ2) is 7.49. The van der Waals surface area contributed by atoms with Crippen molar-refractivity contribution in [3.63, 3.8) is 0 Å². The Kier molecular flexibility index (Phi) is 5.33. The number of fused-ring (bicyclic) bond motifs is 1. The van der Waals surface area contributed by atoms with Crippen LogP contribution in [0.3, 0.4) is 0 Å². The third-order valence-electron chi connectivity index (χ3n) is 5.39. The predicted octanol–water partition coefficient (Wildman–Crippen LogP) is 4.90. The van der Waals surface area contributed by atoms with Crippen molar-refractivity contribution in [1.82, 2.24) is 0 Å². The fraction of sp³-hybridized carbons (Fsp3) is 0.455. The Balaban J connectivity index is 2.02. The van der Waals surface area contributed by atoms with Gasteiger partial charge in [0.1, 0.15) is 5.75 Å². The van der Waals surface area contributed by atoms with Crippen LogP contribution in [0.2, 0.25) is 0 Å². The highest BCUT2D eigenvalue weighted by molar-refractivity contribution is 5.53. The molecule has 1 aliphatic carbocycles. The van der Waals surface area contributed by atoms with Crippen LogP contribution in [-0.4, -0.2) is 13.9 Å². The zero-order valence-corrected chi connectivity index (χ0v) is 15.8. The number of nitrogens with two attached hydrogens (primary N) is 1. The number of benzene rings is 2. The topological polar surface area (TPSA) is 44.5 Å². The number of methoxy groups -OCH3 is 1. The van der Waals surface area contributed by atoms with Crippen molar-refractivity contribution in [3.8, 4) is 5.75 Å². The SMILES string of the molecule is COCOc1ccc(Cc2c(C)cc(N)cc2C)c2c1[C@@H](C)CCC2. The Morgan fingerprint density at radius 2 is 1.88 bits per heavy atom. The average Bonchev–Trinajstić information content (AvgIpc) is 2.57.